The van der Waals surface area contributed by atoms with E-state index in [0.717, 1.165) is 34.2 Å². The lowest BCUT2D eigenvalue weighted by Gasteiger charge is -2.06. The standard InChI is InChI=1S/C18H15NO5S/c1-25(21,22)24-9-11-6-7-13-12(8-11)10-23-17(13)16-14-4-2-3-5-15(14)19-18(16)20/h2-8H,9-10H2,1H3,(H,19,20)/b17-16+. The van der Waals surface area contributed by atoms with E-state index in [4.69, 9.17) is 8.92 Å². The van der Waals surface area contributed by atoms with Crippen LogP contribution in [0.15, 0.2) is 42.5 Å². The van der Waals surface area contributed by atoms with Crippen molar-refractivity contribution in [2.45, 2.75) is 13.2 Å². The second kappa shape index (κ2) is 5.72. The molecule has 0 atom stereocenters. The molecule has 0 aliphatic carbocycles. The topological polar surface area (TPSA) is 81.7 Å². The predicted molar refractivity (Wildman–Crippen MR) is 92.7 cm³/mol. The van der Waals surface area contributed by atoms with Gasteiger partial charge in [-0.2, -0.15) is 8.42 Å². The lowest BCUT2D eigenvalue weighted by Crippen LogP contribution is -2.05. The fraction of sp³-hybridized carbons (Fsp3) is 0.167. The van der Waals surface area contributed by atoms with Gasteiger partial charge in [-0.05, 0) is 17.7 Å². The van der Waals surface area contributed by atoms with Crippen molar-refractivity contribution in [2.75, 3.05) is 11.6 Å². The first kappa shape index (κ1) is 15.9. The number of hydrogen-bond donors (Lipinski definition) is 1. The van der Waals surface area contributed by atoms with Gasteiger partial charge in [0.2, 0.25) is 0 Å². The van der Waals surface area contributed by atoms with E-state index >= 15 is 0 Å². The van der Waals surface area contributed by atoms with Gasteiger partial charge in [0, 0.05) is 22.4 Å². The Bertz CT molecular complexity index is 1020. The minimum absolute atomic E-state index is 0.0265. The predicted octanol–water partition coefficient (Wildman–Crippen LogP) is 2.51. The molecule has 0 saturated carbocycles. The molecule has 2 heterocycles. The summed E-state index contributed by atoms with van der Waals surface area (Å²) < 4.78 is 32.9. The van der Waals surface area contributed by atoms with E-state index in [1.807, 2.05) is 36.4 Å². The van der Waals surface area contributed by atoms with Crippen LogP contribution in [0, 0.1) is 0 Å². The van der Waals surface area contributed by atoms with Crippen molar-refractivity contribution < 1.29 is 22.1 Å². The molecule has 0 radical (unpaired) electrons. The molecule has 0 spiro atoms. The van der Waals surface area contributed by atoms with Crippen molar-refractivity contribution in [3.05, 3.63) is 64.7 Å². The van der Waals surface area contributed by atoms with Gasteiger partial charge in [0.25, 0.3) is 16.0 Å². The Morgan fingerprint density at radius 2 is 1.96 bits per heavy atom. The number of ether oxygens (including phenoxy) is 1. The van der Waals surface area contributed by atoms with Crippen molar-refractivity contribution in [1.29, 1.82) is 0 Å². The molecule has 0 saturated heterocycles. The third kappa shape index (κ3) is 2.92. The van der Waals surface area contributed by atoms with Crippen molar-refractivity contribution in [3.63, 3.8) is 0 Å². The van der Waals surface area contributed by atoms with Crippen LogP contribution in [0.3, 0.4) is 0 Å². The maximum absolute atomic E-state index is 12.4. The molecule has 0 fully saturated rings. The van der Waals surface area contributed by atoms with Crippen LogP contribution in [0.5, 0.6) is 0 Å². The van der Waals surface area contributed by atoms with Gasteiger partial charge in [0.15, 0.2) is 0 Å². The van der Waals surface area contributed by atoms with Crippen LogP contribution in [-0.2, 0) is 37.0 Å². The van der Waals surface area contributed by atoms with Gasteiger partial charge < -0.3 is 10.1 Å². The van der Waals surface area contributed by atoms with Crippen LogP contribution in [0.1, 0.15) is 22.3 Å². The second-order valence-electron chi connectivity index (χ2n) is 5.95. The third-order valence-electron chi connectivity index (χ3n) is 4.12. The van der Waals surface area contributed by atoms with E-state index < -0.39 is 10.1 Å². The Morgan fingerprint density at radius 1 is 1.16 bits per heavy atom. The summed E-state index contributed by atoms with van der Waals surface area (Å²) in [6.45, 7) is 0.303. The van der Waals surface area contributed by atoms with Crippen LogP contribution in [0.2, 0.25) is 0 Å². The Kier molecular flexibility index (Phi) is 3.63. The van der Waals surface area contributed by atoms with Crippen LogP contribution >= 0.6 is 0 Å². The van der Waals surface area contributed by atoms with Gasteiger partial charge in [0.1, 0.15) is 12.4 Å². The number of fused-ring (bicyclic) bond motifs is 2. The van der Waals surface area contributed by atoms with Gasteiger partial charge >= 0.3 is 0 Å². The molecule has 0 aromatic heterocycles. The zero-order valence-corrected chi connectivity index (χ0v) is 14.2. The first-order chi connectivity index (χ1) is 11.9. The Morgan fingerprint density at radius 3 is 2.76 bits per heavy atom. The van der Waals surface area contributed by atoms with Gasteiger partial charge in [-0.25, -0.2) is 0 Å². The number of benzene rings is 2. The van der Waals surface area contributed by atoms with E-state index in [2.05, 4.69) is 5.32 Å². The third-order valence-corrected chi connectivity index (χ3v) is 4.67. The first-order valence-electron chi connectivity index (χ1n) is 7.67. The normalized spacial score (nSPS) is 18.5. The Labute approximate surface area is 145 Å². The number of anilines is 1. The monoisotopic (exact) mass is 357 g/mol. The molecule has 1 N–H and O–H groups in total. The van der Waals surface area contributed by atoms with E-state index in [9.17, 15) is 13.2 Å². The number of nitrogens with one attached hydrogen (secondary N) is 1. The lowest BCUT2D eigenvalue weighted by atomic mass is 9.99. The molecule has 25 heavy (non-hydrogen) atoms. The highest BCUT2D eigenvalue weighted by Crippen LogP contribution is 2.41. The number of rotatable bonds is 3. The van der Waals surface area contributed by atoms with Gasteiger partial charge in [-0.1, -0.05) is 30.3 Å². The molecule has 2 aromatic rings. The van der Waals surface area contributed by atoms with Crippen LogP contribution in [0.4, 0.5) is 5.69 Å². The van der Waals surface area contributed by atoms with Crippen LogP contribution in [0.25, 0.3) is 11.3 Å². The van der Waals surface area contributed by atoms with Crippen molar-refractivity contribution in [3.8, 4) is 0 Å². The summed E-state index contributed by atoms with van der Waals surface area (Å²) in [4.78, 5) is 12.4. The largest absolute Gasteiger partial charge is 0.487 e. The first-order valence-corrected chi connectivity index (χ1v) is 9.48. The zero-order valence-electron chi connectivity index (χ0n) is 13.4. The van der Waals surface area contributed by atoms with E-state index in [0.29, 0.717) is 17.9 Å². The Balaban J connectivity index is 1.72. The molecule has 0 bridgehead atoms. The molecule has 4 rings (SSSR count). The van der Waals surface area contributed by atoms with E-state index in [1.54, 1.807) is 6.07 Å². The highest BCUT2D eigenvalue weighted by Gasteiger charge is 2.32. The molecule has 6 nitrogen and oxygen atoms in total. The maximum Gasteiger partial charge on any atom is 0.264 e. The molecule has 128 valence electrons. The average Bonchev–Trinajstić information content (AvgIpc) is 3.11. The van der Waals surface area contributed by atoms with Gasteiger partial charge in [-0.3, -0.25) is 8.98 Å². The van der Waals surface area contributed by atoms with Crippen LogP contribution < -0.4 is 5.32 Å². The molecule has 2 aromatic carbocycles. The summed E-state index contributed by atoms with van der Waals surface area (Å²) in [6.07, 6.45) is 1.02. The summed E-state index contributed by atoms with van der Waals surface area (Å²) in [5.41, 5.74) is 4.58. The fourth-order valence-corrected chi connectivity index (χ4v) is 3.38. The fourth-order valence-electron chi connectivity index (χ4n) is 3.03. The smallest absolute Gasteiger partial charge is 0.264 e. The summed E-state index contributed by atoms with van der Waals surface area (Å²) >= 11 is 0. The number of carbonyl (C=O) groups is 1. The number of carbonyl (C=O) groups excluding carboxylic acids is 1. The molecule has 0 unspecified atom stereocenters. The summed E-state index contributed by atoms with van der Waals surface area (Å²) in [5, 5.41) is 2.84. The van der Waals surface area contributed by atoms with Gasteiger partial charge in [0.05, 0.1) is 18.4 Å². The minimum Gasteiger partial charge on any atom is -0.487 e. The molecular weight excluding hydrogens is 342 g/mol. The van der Waals surface area contributed by atoms with Crippen molar-refractivity contribution in [1.82, 2.24) is 0 Å². The number of para-hydroxylation sites is 1. The van der Waals surface area contributed by atoms with E-state index in [-0.39, 0.29) is 12.5 Å². The second-order valence-corrected chi connectivity index (χ2v) is 7.59. The molecule has 2 aliphatic heterocycles. The van der Waals surface area contributed by atoms with Gasteiger partial charge in [-0.15, -0.1) is 0 Å². The summed E-state index contributed by atoms with van der Waals surface area (Å²) in [5.74, 6) is 0.363. The molecular formula is C18H15NO5S. The highest BCUT2D eigenvalue weighted by molar-refractivity contribution is 7.85. The number of hydrogen-bond acceptors (Lipinski definition) is 5. The average molecular weight is 357 g/mol. The SMILES string of the molecule is CS(=O)(=O)OCc1ccc2c(c1)CO/C2=C1/C(=O)Nc2ccccc21. The lowest BCUT2D eigenvalue weighted by molar-refractivity contribution is -0.110. The quantitative estimate of drug-likeness (QED) is 0.674. The minimum atomic E-state index is -3.49. The van der Waals surface area contributed by atoms with Crippen molar-refractivity contribution >= 4 is 33.0 Å². The number of amides is 1. The molecule has 2 aliphatic rings. The van der Waals surface area contributed by atoms with E-state index in [1.165, 1.54) is 0 Å². The molecule has 7 heteroatoms. The maximum atomic E-state index is 12.4. The zero-order chi connectivity index (χ0) is 17.6. The summed E-state index contributed by atoms with van der Waals surface area (Å²) in [7, 11) is -3.49. The highest BCUT2D eigenvalue weighted by atomic mass is 32.2. The molecule has 1 amide bonds. The van der Waals surface area contributed by atoms with Crippen LogP contribution in [-0.4, -0.2) is 20.6 Å². The summed E-state index contributed by atoms with van der Waals surface area (Å²) in [6, 6.07) is 12.9. The van der Waals surface area contributed by atoms with Crippen molar-refractivity contribution in [2.24, 2.45) is 0 Å². The Hall–Kier alpha value is -2.64.